The number of amides is 1. The van der Waals surface area contributed by atoms with E-state index in [0.717, 1.165) is 0 Å². The van der Waals surface area contributed by atoms with Crippen LogP contribution in [0.25, 0.3) is 0 Å². The minimum Gasteiger partial charge on any atom is -0.507 e. The van der Waals surface area contributed by atoms with Gasteiger partial charge in [-0.3, -0.25) is 9.59 Å². The molecular weight excluding hydrogens is 284 g/mol. The number of methoxy groups -OCH3 is 1. The number of aromatic hydroxyl groups is 1. The zero-order valence-electron chi connectivity index (χ0n) is 11.6. The van der Waals surface area contributed by atoms with Crippen molar-refractivity contribution in [2.75, 3.05) is 21.2 Å². The van der Waals surface area contributed by atoms with Crippen LogP contribution in [0.2, 0.25) is 0 Å². The Labute approximate surface area is 123 Å². The van der Waals surface area contributed by atoms with Gasteiger partial charge >= 0.3 is 5.97 Å². The average molecular weight is 303 g/mol. The van der Waals surface area contributed by atoms with E-state index in [9.17, 15) is 14.7 Å². The van der Waals surface area contributed by atoms with Gasteiger partial charge in [-0.2, -0.15) is 0 Å². The largest absolute Gasteiger partial charge is 0.507 e. The molecule has 0 aliphatic carbocycles. The van der Waals surface area contributed by atoms with E-state index < -0.39 is 12.0 Å². The fourth-order valence-corrected chi connectivity index (χ4v) is 1.61. The van der Waals surface area contributed by atoms with E-state index in [4.69, 9.17) is 5.73 Å². The van der Waals surface area contributed by atoms with Gasteiger partial charge in [-0.15, -0.1) is 12.4 Å². The van der Waals surface area contributed by atoms with Gasteiger partial charge in [0.15, 0.2) is 0 Å². The Kier molecular flexibility index (Phi) is 7.02. The minimum absolute atomic E-state index is 0. The SMILES string of the molecule is COC(=O)[C@@H](N)Cc1ccc(O)c(C(=O)N(C)C)c1.Cl. The molecule has 0 fully saturated rings. The Bertz CT molecular complexity index is 491. The van der Waals surface area contributed by atoms with Crippen molar-refractivity contribution in [3.05, 3.63) is 29.3 Å². The number of carbonyl (C=O) groups is 2. The van der Waals surface area contributed by atoms with Crippen LogP contribution in [0.3, 0.4) is 0 Å². The van der Waals surface area contributed by atoms with E-state index in [2.05, 4.69) is 4.74 Å². The molecule has 0 bridgehead atoms. The van der Waals surface area contributed by atoms with Crippen LogP contribution in [0.5, 0.6) is 5.75 Å². The van der Waals surface area contributed by atoms with Crippen LogP contribution in [0.15, 0.2) is 18.2 Å². The number of phenols is 1. The van der Waals surface area contributed by atoms with Crippen LogP contribution in [0, 0.1) is 0 Å². The van der Waals surface area contributed by atoms with Gasteiger partial charge < -0.3 is 20.5 Å². The van der Waals surface area contributed by atoms with Gasteiger partial charge in [0.1, 0.15) is 11.8 Å². The number of nitrogens with two attached hydrogens (primary N) is 1. The number of benzene rings is 1. The van der Waals surface area contributed by atoms with Gasteiger partial charge in [0.2, 0.25) is 0 Å². The molecule has 112 valence electrons. The van der Waals surface area contributed by atoms with Crippen LogP contribution in [-0.4, -0.2) is 49.1 Å². The molecule has 20 heavy (non-hydrogen) atoms. The summed E-state index contributed by atoms with van der Waals surface area (Å²) in [5, 5.41) is 9.67. The van der Waals surface area contributed by atoms with E-state index in [1.807, 2.05) is 0 Å². The number of phenolic OH excluding ortho intramolecular Hbond substituents is 1. The molecule has 3 N–H and O–H groups in total. The van der Waals surface area contributed by atoms with Gasteiger partial charge in [-0.05, 0) is 24.1 Å². The molecule has 0 unspecified atom stereocenters. The highest BCUT2D eigenvalue weighted by Gasteiger charge is 2.17. The Morgan fingerprint density at radius 2 is 2.00 bits per heavy atom. The van der Waals surface area contributed by atoms with Crippen molar-refractivity contribution in [3.8, 4) is 5.75 Å². The van der Waals surface area contributed by atoms with E-state index in [1.54, 1.807) is 20.2 Å². The Morgan fingerprint density at radius 3 is 2.50 bits per heavy atom. The summed E-state index contributed by atoms with van der Waals surface area (Å²) in [6, 6.07) is 3.76. The molecule has 0 heterocycles. The summed E-state index contributed by atoms with van der Waals surface area (Å²) in [6.07, 6.45) is 0.237. The summed E-state index contributed by atoms with van der Waals surface area (Å²) >= 11 is 0. The lowest BCUT2D eigenvalue weighted by molar-refractivity contribution is -0.142. The summed E-state index contributed by atoms with van der Waals surface area (Å²) in [4.78, 5) is 24.4. The summed E-state index contributed by atoms with van der Waals surface area (Å²) in [6.45, 7) is 0. The highest BCUT2D eigenvalue weighted by Crippen LogP contribution is 2.20. The molecule has 0 aliphatic rings. The predicted octanol–water partition coefficient (Wildman–Crippen LogP) is 0.559. The fraction of sp³-hybridized carbons (Fsp3) is 0.385. The summed E-state index contributed by atoms with van der Waals surface area (Å²) in [7, 11) is 4.45. The summed E-state index contributed by atoms with van der Waals surface area (Å²) < 4.78 is 4.54. The Morgan fingerprint density at radius 1 is 1.40 bits per heavy atom. The quantitative estimate of drug-likeness (QED) is 0.793. The van der Waals surface area contributed by atoms with Gasteiger partial charge in [0.25, 0.3) is 5.91 Å². The molecule has 0 aliphatic heterocycles. The van der Waals surface area contributed by atoms with Gasteiger partial charge in [0, 0.05) is 14.1 Å². The maximum atomic E-state index is 11.8. The second-order valence-corrected chi connectivity index (χ2v) is 4.38. The van der Waals surface area contributed by atoms with Crippen molar-refractivity contribution in [2.45, 2.75) is 12.5 Å². The molecule has 6 nitrogen and oxygen atoms in total. The summed E-state index contributed by atoms with van der Waals surface area (Å²) in [5.41, 5.74) is 6.51. The highest BCUT2D eigenvalue weighted by atomic mass is 35.5. The Hall–Kier alpha value is -1.79. The molecule has 1 aromatic carbocycles. The first-order valence-corrected chi connectivity index (χ1v) is 5.73. The fourth-order valence-electron chi connectivity index (χ4n) is 1.61. The van der Waals surface area contributed by atoms with Gasteiger partial charge in [0.05, 0.1) is 12.7 Å². The lowest BCUT2D eigenvalue weighted by atomic mass is 10.0. The van der Waals surface area contributed by atoms with Crippen LogP contribution >= 0.6 is 12.4 Å². The van der Waals surface area contributed by atoms with E-state index in [1.165, 1.54) is 24.1 Å². The number of nitrogens with zero attached hydrogens (tertiary/aromatic N) is 1. The van der Waals surface area contributed by atoms with E-state index >= 15 is 0 Å². The zero-order valence-corrected chi connectivity index (χ0v) is 12.4. The number of carbonyl (C=O) groups excluding carboxylic acids is 2. The summed E-state index contributed by atoms with van der Waals surface area (Å²) in [5.74, 6) is -0.936. The first kappa shape index (κ1) is 18.2. The molecule has 1 aromatic rings. The molecule has 0 spiro atoms. The number of halogens is 1. The molecule has 1 atom stereocenters. The standard InChI is InChI=1S/C13H18N2O4.ClH/c1-15(2)12(17)9-6-8(4-5-11(9)16)7-10(14)13(18)19-3;/h4-6,10,16H,7,14H2,1-3H3;1H/t10-;/m0./s1. The third-order valence-corrected chi connectivity index (χ3v) is 2.66. The topological polar surface area (TPSA) is 92.9 Å². The van der Waals surface area contributed by atoms with Crippen LogP contribution in [0.4, 0.5) is 0 Å². The van der Waals surface area contributed by atoms with E-state index in [-0.39, 0.29) is 36.0 Å². The smallest absolute Gasteiger partial charge is 0.322 e. The first-order chi connectivity index (χ1) is 8.86. The van der Waals surface area contributed by atoms with Gasteiger partial charge in [-0.25, -0.2) is 0 Å². The molecule has 1 rings (SSSR count). The van der Waals surface area contributed by atoms with Crippen LogP contribution < -0.4 is 5.73 Å². The molecule has 0 saturated carbocycles. The van der Waals surface area contributed by atoms with Crippen molar-refractivity contribution >= 4 is 24.3 Å². The second-order valence-electron chi connectivity index (χ2n) is 4.38. The second kappa shape index (κ2) is 7.72. The molecule has 1 amide bonds. The third-order valence-electron chi connectivity index (χ3n) is 2.66. The molecule has 0 aromatic heterocycles. The minimum atomic E-state index is -0.795. The van der Waals surface area contributed by atoms with Gasteiger partial charge in [-0.1, -0.05) is 6.07 Å². The van der Waals surface area contributed by atoms with Crippen LogP contribution in [0.1, 0.15) is 15.9 Å². The number of rotatable bonds is 4. The number of hydrogen-bond donors (Lipinski definition) is 2. The maximum Gasteiger partial charge on any atom is 0.322 e. The first-order valence-electron chi connectivity index (χ1n) is 5.73. The third kappa shape index (κ3) is 4.40. The zero-order chi connectivity index (χ0) is 14.6. The number of hydrogen-bond acceptors (Lipinski definition) is 5. The average Bonchev–Trinajstić information content (AvgIpc) is 2.38. The number of esters is 1. The predicted molar refractivity (Wildman–Crippen MR) is 77.1 cm³/mol. The molecule has 7 heteroatoms. The monoisotopic (exact) mass is 302 g/mol. The lowest BCUT2D eigenvalue weighted by Crippen LogP contribution is -2.33. The van der Waals surface area contributed by atoms with E-state index in [0.29, 0.717) is 5.56 Å². The number of ether oxygens (including phenoxy) is 1. The molecule has 0 radical (unpaired) electrons. The molecular formula is C13H19ClN2O4. The van der Waals surface area contributed by atoms with Crippen molar-refractivity contribution in [1.82, 2.24) is 4.90 Å². The van der Waals surface area contributed by atoms with Crippen molar-refractivity contribution in [2.24, 2.45) is 5.73 Å². The van der Waals surface area contributed by atoms with Crippen molar-refractivity contribution < 1.29 is 19.4 Å². The lowest BCUT2D eigenvalue weighted by Gasteiger charge is -2.14. The normalized spacial score (nSPS) is 11.2. The highest BCUT2D eigenvalue weighted by molar-refractivity contribution is 5.96. The molecule has 0 saturated heterocycles. The van der Waals surface area contributed by atoms with Crippen molar-refractivity contribution in [1.29, 1.82) is 0 Å². The van der Waals surface area contributed by atoms with Crippen molar-refractivity contribution in [3.63, 3.8) is 0 Å². The van der Waals surface area contributed by atoms with Crippen LogP contribution in [-0.2, 0) is 16.0 Å². The Balaban J connectivity index is 0.00000361. The maximum absolute atomic E-state index is 11.8.